The maximum atomic E-state index is 12.2. The van der Waals surface area contributed by atoms with Gasteiger partial charge in [-0.2, -0.15) is 0 Å². The van der Waals surface area contributed by atoms with Crippen LogP contribution in [0.1, 0.15) is 13.3 Å². The van der Waals surface area contributed by atoms with Gasteiger partial charge in [-0.1, -0.05) is 0 Å². The number of piperazine rings is 1. The first-order valence-corrected chi connectivity index (χ1v) is 6.05. The first kappa shape index (κ1) is 12.7. The zero-order valence-electron chi connectivity index (χ0n) is 10.3. The summed E-state index contributed by atoms with van der Waals surface area (Å²) in [6.07, 6.45) is 0.474. The Balaban J connectivity index is 2.01. The summed E-state index contributed by atoms with van der Waals surface area (Å²) in [5, 5.41) is 11.7. The molecule has 7 nitrogen and oxygen atoms in total. The van der Waals surface area contributed by atoms with E-state index < -0.39 is 11.9 Å². The van der Waals surface area contributed by atoms with E-state index in [0.717, 1.165) is 0 Å². The van der Waals surface area contributed by atoms with Crippen LogP contribution in [0.5, 0.6) is 0 Å². The number of carbonyl (C=O) groups is 3. The molecule has 7 heteroatoms. The van der Waals surface area contributed by atoms with Crippen molar-refractivity contribution in [2.75, 3.05) is 26.2 Å². The van der Waals surface area contributed by atoms with Gasteiger partial charge >= 0.3 is 12.0 Å². The SMILES string of the molecule is CC1C(C(=O)O)CCN1C(=O)N1CCNC(=O)C1. The number of carbonyl (C=O) groups excluding carboxylic acids is 2. The van der Waals surface area contributed by atoms with Crippen LogP contribution >= 0.6 is 0 Å². The van der Waals surface area contributed by atoms with Crippen molar-refractivity contribution in [3.8, 4) is 0 Å². The van der Waals surface area contributed by atoms with Crippen molar-refractivity contribution >= 4 is 17.9 Å². The van der Waals surface area contributed by atoms with Crippen LogP contribution in [0.15, 0.2) is 0 Å². The molecule has 0 spiro atoms. The summed E-state index contributed by atoms with van der Waals surface area (Å²) in [5.74, 6) is -1.54. The molecule has 2 rings (SSSR count). The first-order chi connectivity index (χ1) is 8.50. The van der Waals surface area contributed by atoms with Gasteiger partial charge < -0.3 is 20.2 Å². The van der Waals surface area contributed by atoms with Crippen LogP contribution in [0.2, 0.25) is 0 Å². The van der Waals surface area contributed by atoms with Gasteiger partial charge in [0.25, 0.3) is 0 Å². The minimum Gasteiger partial charge on any atom is -0.481 e. The second kappa shape index (κ2) is 4.83. The second-order valence-electron chi connectivity index (χ2n) is 4.72. The molecule has 0 bridgehead atoms. The highest BCUT2D eigenvalue weighted by Crippen LogP contribution is 2.25. The molecule has 0 aromatic heterocycles. The van der Waals surface area contributed by atoms with E-state index in [2.05, 4.69) is 5.32 Å². The van der Waals surface area contributed by atoms with Gasteiger partial charge in [0.05, 0.1) is 5.92 Å². The fourth-order valence-electron chi connectivity index (χ4n) is 2.52. The summed E-state index contributed by atoms with van der Waals surface area (Å²) < 4.78 is 0. The Morgan fingerprint density at radius 3 is 2.67 bits per heavy atom. The molecule has 100 valence electrons. The van der Waals surface area contributed by atoms with Gasteiger partial charge in [0.1, 0.15) is 6.54 Å². The topological polar surface area (TPSA) is 89.9 Å². The number of hydrogen-bond acceptors (Lipinski definition) is 3. The number of carboxylic acids is 1. The van der Waals surface area contributed by atoms with Crippen LogP contribution in [0.3, 0.4) is 0 Å². The van der Waals surface area contributed by atoms with E-state index in [0.29, 0.717) is 26.1 Å². The lowest BCUT2D eigenvalue weighted by Crippen LogP contribution is -2.54. The third kappa shape index (κ3) is 2.25. The van der Waals surface area contributed by atoms with Crippen molar-refractivity contribution in [2.45, 2.75) is 19.4 Å². The Kier molecular flexibility index (Phi) is 3.40. The average Bonchev–Trinajstić information content (AvgIpc) is 2.70. The Hall–Kier alpha value is -1.79. The molecule has 3 amide bonds. The van der Waals surface area contributed by atoms with Crippen LogP contribution in [0.4, 0.5) is 4.79 Å². The van der Waals surface area contributed by atoms with Crippen molar-refractivity contribution in [1.29, 1.82) is 0 Å². The molecular weight excluding hydrogens is 238 g/mol. The van der Waals surface area contributed by atoms with Crippen molar-refractivity contribution in [1.82, 2.24) is 15.1 Å². The van der Waals surface area contributed by atoms with Crippen molar-refractivity contribution in [3.05, 3.63) is 0 Å². The highest BCUT2D eigenvalue weighted by molar-refractivity contribution is 5.86. The fourth-order valence-corrected chi connectivity index (χ4v) is 2.52. The molecule has 2 aliphatic heterocycles. The van der Waals surface area contributed by atoms with E-state index >= 15 is 0 Å². The van der Waals surface area contributed by atoms with Gasteiger partial charge in [0.2, 0.25) is 5.91 Å². The van der Waals surface area contributed by atoms with Crippen LogP contribution in [-0.4, -0.2) is 65.0 Å². The lowest BCUT2D eigenvalue weighted by molar-refractivity contribution is -0.142. The maximum absolute atomic E-state index is 12.2. The molecule has 2 aliphatic rings. The summed E-state index contributed by atoms with van der Waals surface area (Å²) in [4.78, 5) is 37.5. The molecule has 0 aromatic rings. The Morgan fingerprint density at radius 2 is 2.11 bits per heavy atom. The largest absolute Gasteiger partial charge is 0.481 e. The minimum atomic E-state index is -0.866. The number of nitrogens with one attached hydrogen (secondary N) is 1. The molecular formula is C11H17N3O4. The molecule has 2 fully saturated rings. The molecule has 0 aromatic carbocycles. The molecule has 0 aliphatic carbocycles. The van der Waals surface area contributed by atoms with Gasteiger partial charge in [-0.05, 0) is 13.3 Å². The van der Waals surface area contributed by atoms with Gasteiger partial charge in [-0.3, -0.25) is 9.59 Å². The van der Waals surface area contributed by atoms with E-state index in [1.54, 1.807) is 11.8 Å². The lowest BCUT2D eigenvalue weighted by Gasteiger charge is -2.33. The lowest BCUT2D eigenvalue weighted by atomic mass is 10.0. The van der Waals surface area contributed by atoms with E-state index in [4.69, 9.17) is 5.11 Å². The third-order valence-electron chi connectivity index (χ3n) is 3.63. The van der Waals surface area contributed by atoms with E-state index in [1.807, 2.05) is 0 Å². The number of hydrogen-bond donors (Lipinski definition) is 2. The minimum absolute atomic E-state index is 0.0553. The molecule has 2 heterocycles. The number of nitrogens with zero attached hydrogens (tertiary/aromatic N) is 2. The predicted molar refractivity (Wildman–Crippen MR) is 61.9 cm³/mol. The molecule has 2 N–H and O–H groups in total. The van der Waals surface area contributed by atoms with E-state index in [-0.39, 0.29) is 24.5 Å². The summed E-state index contributed by atoms with van der Waals surface area (Å²) in [6.45, 7) is 3.17. The zero-order chi connectivity index (χ0) is 13.3. The second-order valence-corrected chi connectivity index (χ2v) is 4.72. The molecule has 0 saturated carbocycles. The summed E-state index contributed by atoms with van der Waals surface area (Å²) in [5.41, 5.74) is 0. The van der Waals surface area contributed by atoms with Gasteiger partial charge in [-0.25, -0.2) is 4.79 Å². The number of urea groups is 1. The number of carboxylic acid groups (broad SMARTS) is 1. The Morgan fingerprint density at radius 1 is 1.39 bits per heavy atom. The van der Waals surface area contributed by atoms with Crippen molar-refractivity contribution < 1.29 is 19.5 Å². The third-order valence-corrected chi connectivity index (χ3v) is 3.63. The normalized spacial score (nSPS) is 28.2. The average molecular weight is 255 g/mol. The van der Waals surface area contributed by atoms with Crippen molar-refractivity contribution in [2.24, 2.45) is 5.92 Å². The van der Waals surface area contributed by atoms with Crippen LogP contribution in [0.25, 0.3) is 0 Å². The first-order valence-electron chi connectivity index (χ1n) is 6.05. The molecule has 2 unspecified atom stereocenters. The fraction of sp³-hybridized carbons (Fsp3) is 0.727. The molecule has 0 radical (unpaired) electrons. The molecule has 2 saturated heterocycles. The van der Waals surface area contributed by atoms with Crippen molar-refractivity contribution in [3.63, 3.8) is 0 Å². The van der Waals surface area contributed by atoms with E-state index in [1.165, 1.54) is 4.90 Å². The van der Waals surface area contributed by atoms with Gasteiger partial charge in [0, 0.05) is 25.7 Å². The van der Waals surface area contributed by atoms with Crippen LogP contribution < -0.4 is 5.32 Å². The van der Waals surface area contributed by atoms with E-state index in [9.17, 15) is 14.4 Å². The number of rotatable bonds is 1. The monoisotopic (exact) mass is 255 g/mol. The van der Waals surface area contributed by atoms with Gasteiger partial charge in [-0.15, -0.1) is 0 Å². The number of likely N-dealkylation sites (tertiary alicyclic amines) is 1. The van der Waals surface area contributed by atoms with Crippen LogP contribution in [0, 0.1) is 5.92 Å². The highest BCUT2D eigenvalue weighted by atomic mass is 16.4. The summed E-state index contributed by atoms with van der Waals surface area (Å²) in [7, 11) is 0. The predicted octanol–water partition coefficient (Wildman–Crippen LogP) is -0.667. The summed E-state index contributed by atoms with van der Waals surface area (Å²) in [6, 6.07) is -0.555. The zero-order valence-corrected chi connectivity index (χ0v) is 10.3. The maximum Gasteiger partial charge on any atom is 0.320 e. The smallest absolute Gasteiger partial charge is 0.320 e. The quantitative estimate of drug-likeness (QED) is 0.650. The summed E-state index contributed by atoms with van der Waals surface area (Å²) >= 11 is 0. The molecule has 2 atom stereocenters. The Bertz CT molecular complexity index is 384. The number of aliphatic carboxylic acids is 1. The Labute approximate surface area is 105 Å². The van der Waals surface area contributed by atoms with Crippen LogP contribution in [-0.2, 0) is 9.59 Å². The number of amides is 3. The highest BCUT2D eigenvalue weighted by Gasteiger charge is 2.40. The van der Waals surface area contributed by atoms with Gasteiger partial charge in [0.15, 0.2) is 0 Å². The molecule has 18 heavy (non-hydrogen) atoms. The standard InChI is InChI=1S/C11H17N3O4/c1-7-8(10(16)17)2-4-14(7)11(18)13-5-3-12-9(15)6-13/h7-8H,2-6H2,1H3,(H,12,15)(H,16,17).